The number of nitrogens with one attached hydrogen (secondary N) is 3. The molecular weight excluding hydrogens is 510 g/mol. The van der Waals surface area contributed by atoms with Gasteiger partial charge in [0.05, 0.1) is 5.69 Å². The highest BCUT2D eigenvalue weighted by atomic mass is 32.2. The van der Waals surface area contributed by atoms with Crippen LogP contribution < -0.4 is 19.9 Å². The van der Waals surface area contributed by atoms with Crippen molar-refractivity contribution in [3.63, 3.8) is 0 Å². The van der Waals surface area contributed by atoms with E-state index in [1.54, 1.807) is 12.1 Å². The number of pyridine rings is 2. The number of hydrogen-bond donors (Lipinski definition) is 3. The maximum atomic E-state index is 12.6. The van der Waals surface area contributed by atoms with Gasteiger partial charge < -0.3 is 9.52 Å². The lowest BCUT2D eigenvalue weighted by atomic mass is 10.2. The highest BCUT2D eigenvalue weighted by Crippen LogP contribution is 2.32. The van der Waals surface area contributed by atoms with Crippen molar-refractivity contribution in [3.8, 4) is 17.2 Å². The summed E-state index contributed by atoms with van der Waals surface area (Å²) in [6, 6.07) is 13.5. The third-order valence-corrected chi connectivity index (χ3v) is 7.55. The fraction of sp³-hybridized carbons (Fsp3) is 0. The molecule has 1 aromatic carbocycles. The summed E-state index contributed by atoms with van der Waals surface area (Å²) in [6.45, 7) is 0. The Balaban J connectivity index is 1.56. The predicted octanol–water partition coefficient (Wildman–Crippen LogP) is 1.81. The Hall–Kier alpha value is -4.56. The van der Waals surface area contributed by atoms with Gasteiger partial charge in [0.1, 0.15) is 11.4 Å². The number of hydrogen-bond acceptors (Lipinski definition) is 9. The molecule has 14 heteroatoms. The van der Waals surface area contributed by atoms with E-state index in [-0.39, 0.29) is 44.0 Å². The standard InChI is InChI=1S/C22H15N5O7S2/c28-17-11-19-15(9-13(17)26-35(30,31)21-5-1-3-7-23-21)25-16-10-14(18(29)12-20(16)34-19)27-36(32,33)22-6-2-4-8-24-22/h1-12,26-28H/p+1. The molecule has 0 unspecified atom stereocenters. The van der Waals surface area contributed by atoms with Gasteiger partial charge in [-0.25, -0.2) is 9.97 Å². The second-order valence-corrected chi connectivity index (χ2v) is 10.7. The van der Waals surface area contributed by atoms with Gasteiger partial charge in [0.25, 0.3) is 20.0 Å². The average Bonchev–Trinajstić information content (AvgIpc) is 2.85. The molecule has 0 spiro atoms. The van der Waals surface area contributed by atoms with Gasteiger partial charge in [0, 0.05) is 36.7 Å². The van der Waals surface area contributed by atoms with Crippen LogP contribution in [0.15, 0.2) is 92.3 Å². The smallest absolute Gasteiger partial charge is 0.279 e. The second-order valence-electron chi connectivity index (χ2n) is 7.48. The molecule has 36 heavy (non-hydrogen) atoms. The number of fused-ring (bicyclic) bond motifs is 2. The number of phenolic OH excluding ortho intramolecular Hbond substituents is 1. The Morgan fingerprint density at radius 2 is 1.42 bits per heavy atom. The van der Waals surface area contributed by atoms with Crippen molar-refractivity contribution >= 4 is 42.5 Å². The largest absolute Gasteiger partial charge is 0.506 e. The molecule has 2 aromatic heterocycles. The molecule has 3 heterocycles. The highest BCUT2D eigenvalue weighted by molar-refractivity contribution is 7.93. The fourth-order valence-corrected chi connectivity index (χ4v) is 5.35. The van der Waals surface area contributed by atoms with Gasteiger partial charge in [0.2, 0.25) is 28.0 Å². The van der Waals surface area contributed by atoms with Gasteiger partial charge in [-0.3, -0.25) is 14.2 Å². The molecule has 5 rings (SSSR count). The Labute approximate surface area is 203 Å². The summed E-state index contributed by atoms with van der Waals surface area (Å²) < 4.78 is 60.6. The van der Waals surface area contributed by atoms with E-state index >= 15 is 0 Å². The molecule has 182 valence electrons. The number of sulfonamides is 2. The van der Waals surface area contributed by atoms with E-state index in [0.717, 1.165) is 6.07 Å². The number of aromatic hydroxyl groups is 1. The monoisotopic (exact) mass is 526 g/mol. The van der Waals surface area contributed by atoms with E-state index in [4.69, 9.17) is 4.42 Å². The van der Waals surface area contributed by atoms with Crippen LogP contribution in [0, 0.1) is 0 Å². The number of aromatic amines is 1. The molecule has 0 atom stereocenters. The average molecular weight is 527 g/mol. The summed E-state index contributed by atoms with van der Waals surface area (Å²) in [7, 11) is -8.22. The number of aromatic nitrogens is 3. The summed E-state index contributed by atoms with van der Waals surface area (Å²) >= 11 is 0. The third kappa shape index (κ3) is 4.42. The van der Waals surface area contributed by atoms with Crippen LogP contribution in [0.2, 0.25) is 0 Å². The maximum absolute atomic E-state index is 12.6. The molecule has 1 aliphatic heterocycles. The molecule has 0 saturated heterocycles. The zero-order valence-corrected chi connectivity index (χ0v) is 19.7. The van der Waals surface area contributed by atoms with Gasteiger partial charge in [-0.05, 0) is 24.3 Å². The quantitative estimate of drug-likeness (QED) is 0.219. The van der Waals surface area contributed by atoms with E-state index in [0.29, 0.717) is 0 Å². The van der Waals surface area contributed by atoms with Crippen LogP contribution in [0.1, 0.15) is 0 Å². The van der Waals surface area contributed by atoms with Crippen LogP contribution in [0.5, 0.6) is 5.75 Å². The van der Waals surface area contributed by atoms with Gasteiger partial charge in [-0.1, -0.05) is 12.1 Å². The summed E-state index contributed by atoms with van der Waals surface area (Å²) in [4.78, 5) is 23.1. The number of H-pyrrole nitrogens is 1. The minimum atomic E-state index is -4.13. The third-order valence-electron chi connectivity index (χ3n) is 4.98. The van der Waals surface area contributed by atoms with Gasteiger partial charge in [0.15, 0.2) is 10.1 Å². The van der Waals surface area contributed by atoms with E-state index in [1.807, 2.05) is 0 Å². The Kier molecular flexibility index (Phi) is 5.53. The Morgan fingerprint density at radius 3 is 2.00 bits per heavy atom. The molecule has 3 aromatic rings. The van der Waals surface area contributed by atoms with Gasteiger partial charge >= 0.3 is 0 Å². The van der Waals surface area contributed by atoms with E-state index in [1.165, 1.54) is 54.9 Å². The number of phenols is 1. The maximum Gasteiger partial charge on any atom is 0.279 e. The van der Waals surface area contributed by atoms with Crippen molar-refractivity contribution in [3.05, 3.63) is 83.3 Å². The number of anilines is 2. The fourth-order valence-electron chi connectivity index (χ4n) is 3.33. The van der Waals surface area contributed by atoms with Crippen LogP contribution in [0.4, 0.5) is 11.4 Å². The predicted molar refractivity (Wildman–Crippen MR) is 127 cm³/mol. The minimum absolute atomic E-state index is 0.0782. The first-order chi connectivity index (χ1) is 17.1. The summed E-state index contributed by atoms with van der Waals surface area (Å²) in [6.07, 6.45) is 2.62. The van der Waals surface area contributed by atoms with Crippen molar-refractivity contribution in [2.75, 3.05) is 9.44 Å². The van der Waals surface area contributed by atoms with Crippen molar-refractivity contribution in [1.82, 2.24) is 9.97 Å². The van der Waals surface area contributed by atoms with Crippen LogP contribution in [0.25, 0.3) is 22.6 Å². The molecule has 12 nitrogen and oxygen atoms in total. The van der Waals surface area contributed by atoms with Crippen LogP contribution in [-0.4, -0.2) is 31.9 Å². The molecule has 0 fully saturated rings. The zero-order chi connectivity index (χ0) is 25.5. The SMILES string of the molecule is O=c1cc2oc3cc(O)c(NS(=O)(=O)c4ccccn4)cc3[nH+]c-2cc1NS(=O)(=O)c1ccccn1. The molecule has 4 N–H and O–H groups in total. The number of nitrogens with zero attached hydrogens (tertiary/aromatic N) is 2. The molecule has 2 aliphatic rings. The lowest BCUT2D eigenvalue weighted by Gasteiger charge is -2.10. The molecule has 0 bridgehead atoms. The number of rotatable bonds is 6. The van der Waals surface area contributed by atoms with Crippen molar-refractivity contribution < 1.29 is 31.3 Å². The van der Waals surface area contributed by atoms with Gasteiger partial charge in [-0.2, -0.15) is 21.8 Å². The first kappa shape index (κ1) is 23.2. The van der Waals surface area contributed by atoms with Crippen molar-refractivity contribution in [2.24, 2.45) is 0 Å². The molecular formula is C22H16N5O7S2+. The molecule has 1 aliphatic carbocycles. The highest BCUT2D eigenvalue weighted by Gasteiger charge is 2.24. The minimum Gasteiger partial charge on any atom is -0.506 e. The van der Waals surface area contributed by atoms with Crippen molar-refractivity contribution in [2.45, 2.75) is 10.1 Å². The molecule has 0 saturated carbocycles. The van der Waals surface area contributed by atoms with E-state index < -0.39 is 31.2 Å². The summed E-state index contributed by atoms with van der Waals surface area (Å²) in [5.74, 6) is -0.352. The first-order valence-corrected chi connectivity index (χ1v) is 13.1. The first-order valence-electron chi connectivity index (χ1n) is 10.2. The second kappa shape index (κ2) is 8.58. The van der Waals surface area contributed by atoms with Gasteiger partial charge in [-0.15, -0.1) is 0 Å². The summed E-state index contributed by atoms with van der Waals surface area (Å²) in [5.41, 5.74) is -0.491. The van der Waals surface area contributed by atoms with Crippen molar-refractivity contribution in [1.29, 1.82) is 0 Å². The van der Waals surface area contributed by atoms with Crippen LogP contribution >= 0.6 is 0 Å². The topological polar surface area (TPSA) is 183 Å². The lowest BCUT2D eigenvalue weighted by Crippen LogP contribution is -2.21. The normalized spacial score (nSPS) is 12.0. The molecule has 0 radical (unpaired) electrons. The Bertz CT molecular complexity index is 1840. The van der Waals surface area contributed by atoms with E-state index in [2.05, 4.69) is 24.4 Å². The number of benzene rings is 2. The van der Waals surface area contributed by atoms with E-state index in [9.17, 15) is 26.7 Å². The molecule has 0 amide bonds. The van der Waals surface area contributed by atoms with Crippen LogP contribution in [0.3, 0.4) is 0 Å². The zero-order valence-electron chi connectivity index (χ0n) is 18.0. The lowest BCUT2D eigenvalue weighted by molar-refractivity contribution is -0.333. The Morgan fingerprint density at radius 1 is 0.806 bits per heavy atom. The van der Waals surface area contributed by atoms with Crippen LogP contribution in [-0.2, 0) is 20.0 Å². The summed E-state index contributed by atoms with van der Waals surface area (Å²) in [5, 5.41) is 9.85.